The van der Waals surface area contributed by atoms with Crippen LogP contribution in [0.2, 0.25) is 0 Å². The molecule has 0 saturated heterocycles. The van der Waals surface area contributed by atoms with Gasteiger partial charge in [-0.05, 0) is 31.0 Å². The summed E-state index contributed by atoms with van der Waals surface area (Å²) in [6.07, 6.45) is 6.12. The van der Waals surface area contributed by atoms with E-state index in [1.54, 1.807) is 0 Å². The number of ether oxygens (including phenoxy) is 1. The lowest BCUT2D eigenvalue weighted by Crippen LogP contribution is -2.17. The fourth-order valence-electron chi connectivity index (χ4n) is 1.41. The normalized spacial score (nSPS) is 14.7. The molecule has 2 heteroatoms. The maximum Gasteiger partial charge on any atom is 0.162 e. The van der Waals surface area contributed by atoms with E-state index in [4.69, 9.17) is 17.0 Å². The summed E-state index contributed by atoms with van der Waals surface area (Å²) in [4.78, 5) is 0. The van der Waals surface area contributed by atoms with Crippen molar-refractivity contribution in [1.29, 1.82) is 0 Å². The molecule has 0 saturated carbocycles. The van der Waals surface area contributed by atoms with E-state index in [1.165, 1.54) is 25.7 Å². The molecule has 0 spiro atoms. The minimum Gasteiger partial charge on any atom is -0.486 e. The van der Waals surface area contributed by atoms with Gasteiger partial charge in [-0.2, -0.15) is 0 Å². The first-order valence-corrected chi connectivity index (χ1v) is 6.73. The molecule has 0 aromatic heterocycles. The highest BCUT2D eigenvalue weighted by Gasteiger charge is 2.11. The Morgan fingerprint density at radius 1 is 1.20 bits per heavy atom. The fraction of sp³-hybridized carbons (Fsp3) is 0.923. The van der Waals surface area contributed by atoms with E-state index in [1.807, 2.05) is 0 Å². The van der Waals surface area contributed by atoms with E-state index in [9.17, 15) is 0 Å². The van der Waals surface area contributed by atoms with Crippen LogP contribution in [0.5, 0.6) is 0 Å². The van der Waals surface area contributed by atoms with E-state index in [0.29, 0.717) is 11.8 Å². The first-order valence-electron chi connectivity index (χ1n) is 6.32. The number of hydrogen-bond donors (Lipinski definition) is 0. The summed E-state index contributed by atoms with van der Waals surface area (Å²) >= 11 is 5.23. The van der Waals surface area contributed by atoms with Crippen molar-refractivity contribution in [2.24, 2.45) is 11.8 Å². The lowest BCUT2D eigenvalue weighted by atomic mass is 10.0. The van der Waals surface area contributed by atoms with Crippen molar-refractivity contribution in [3.63, 3.8) is 0 Å². The Morgan fingerprint density at radius 2 is 1.87 bits per heavy atom. The third kappa shape index (κ3) is 6.88. The van der Waals surface area contributed by atoms with Crippen LogP contribution in [-0.2, 0) is 4.74 Å². The first kappa shape index (κ1) is 14.9. The summed E-state index contributed by atoms with van der Waals surface area (Å²) < 4.78 is 5.68. The lowest BCUT2D eigenvalue weighted by Gasteiger charge is -2.18. The van der Waals surface area contributed by atoms with Gasteiger partial charge in [-0.25, -0.2) is 0 Å². The molecule has 1 nitrogen and oxygen atoms in total. The van der Waals surface area contributed by atoms with Crippen molar-refractivity contribution >= 4 is 17.3 Å². The molecule has 2 atom stereocenters. The van der Waals surface area contributed by atoms with Gasteiger partial charge in [0.05, 0.1) is 6.61 Å². The van der Waals surface area contributed by atoms with Gasteiger partial charge >= 0.3 is 0 Å². The largest absolute Gasteiger partial charge is 0.486 e. The van der Waals surface area contributed by atoms with Crippen LogP contribution in [-0.4, -0.2) is 11.7 Å². The minimum atomic E-state index is 0.420. The highest BCUT2D eigenvalue weighted by molar-refractivity contribution is 7.80. The number of thiocarbonyl (C=S) groups is 1. The molecule has 0 amide bonds. The molecule has 0 rings (SSSR count). The second-order valence-corrected chi connectivity index (χ2v) is 4.76. The molecule has 0 bridgehead atoms. The van der Waals surface area contributed by atoms with E-state index < -0.39 is 0 Å². The molecule has 0 aromatic rings. The molecule has 15 heavy (non-hydrogen) atoms. The summed E-state index contributed by atoms with van der Waals surface area (Å²) in [5.74, 6) is 1.11. The van der Waals surface area contributed by atoms with Gasteiger partial charge in [-0.1, -0.05) is 47.0 Å². The second-order valence-electron chi connectivity index (χ2n) is 4.36. The van der Waals surface area contributed by atoms with Gasteiger partial charge in [0.2, 0.25) is 0 Å². The van der Waals surface area contributed by atoms with Gasteiger partial charge < -0.3 is 4.74 Å². The predicted octanol–water partition coefficient (Wildman–Crippen LogP) is 4.59. The molecule has 0 aliphatic heterocycles. The first-order chi connectivity index (χ1) is 7.15. The molecule has 0 aliphatic carbocycles. The summed E-state index contributed by atoms with van der Waals surface area (Å²) in [6, 6.07) is 0. The molecular formula is C13H26OS. The van der Waals surface area contributed by atoms with Gasteiger partial charge in [0.25, 0.3) is 0 Å². The average Bonchev–Trinajstić information content (AvgIpc) is 2.27. The third-order valence-corrected chi connectivity index (χ3v) is 3.54. The highest BCUT2D eigenvalue weighted by atomic mass is 32.1. The quantitative estimate of drug-likeness (QED) is 0.564. The minimum absolute atomic E-state index is 0.420. The maximum atomic E-state index is 5.68. The molecule has 0 aliphatic rings. The Morgan fingerprint density at radius 3 is 2.33 bits per heavy atom. The maximum absolute atomic E-state index is 5.68. The Bertz CT molecular complexity index is 168. The van der Waals surface area contributed by atoms with Crippen LogP contribution in [0.1, 0.15) is 59.8 Å². The summed E-state index contributed by atoms with van der Waals surface area (Å²) in [6.45, 7) is 9.57. The standard InChI is InChI=1S/C13H26OS/c1-5-8-9-12(7-3)10-14-13(15)11(4)6-2/h11-12H,5-10H2,1-4H3. The summed E-state index contributed by atoms with van der Waals surface area (Å²) in [5, 5.41) is 0.799. The molecule has 0 fully saturated rings. The van der Waals surface area contributed by atoms with Gasteiger partial charge in [0.1, 0.15) is 0 Å². The fourth-order valence-corrected chi connectivity index (χ4v) is 1.64. The molecule has 0 heterocycles. The van der Waals surface area contributed by atoms with Crippen molar-refractivity contribution in [3.05, 3.63) is 0 Å². The van der Waals surface area contributed by atoms with Crippen LogP contribution in [0.25, 0.3) is 0 Å². The summed E-state index contributed by atoms with van der Waals surface area (Å²) in [7, 11) is 0. The zero-order chi connectivity index (χ0) is 11.7. The van der Waals surface area contributed by atoms with Crippen LogP contribution < -0.4 is 0 Å². The van der Waals surface area contributed by atoms with Crippen molar-refractivity contribution in [3.8, 4) is 0 Å². The summed E-state index contributed by atoms with van der Waals surface area (Å²) in [5.41, 5.74) is 0. The highest BCUT2D eigenvalue weighted by Crippen LogP contribution is 2.14. The molecular weight excluding hydrogens is 204 g/mol. The number of hydrogen-bond acceptors (Lipinski definition) is 2. The molecule has 2 unspecified atom stereocenters. The van der Waals surface area contributed by atoms with Crippen LogP contribution in [0.15, 0.2) is 0 Å². The van der Waals surface area contributed by atoms with Crippen LogP contribution in [0.3, 0.4) is 0 Å². The van der Waals surface area contributed by atoms with Crippen molar-refractivity contribution < 1.29 is 4.74 Å². The number of rotatable bonds is 8. The Balaban J connectivity index is 3.74. The van der Waals surface area contributed by atoms with Crippen LogP contribution in [0.4, 0.5) is 0 Å². The van der Waals surface area contributed by atoms with Crippen LogP contribution in [0, 0.1) is 11.8 Å². The topological polar surface area (TPSA) is 9.23 Å². The predicted molar refractivity (Wildman–Crippen MR) is 71.3 cm³/mol. The van der Waals surface area contributed by atoms with Crippen molar-refractivity contribution in [2.45, 2.75) is 59.8 Å². The van der Waals surface area contributed by atoms with Gasteiger partial charge in [0, 0.05) is 5.92 Å². The van der Waals surface area contributed by atoms with E-state index in [0.717, 1.165) is 18.1 Å². The second kappa shape index (κ2) is 9.14. The third-order valence-electron chi connectivity index (χ3n) is 3.02. The molecule has 0 radical (unpaired) electrons. The van der Waals surface area contributed by atoms with Crippen molar-refractivity contribution in [2.75, 3.05) is 6.61 Å². The van der Waals surface area contributed by atoms with Crippen molar-refractivity contribution in [1.82, 2.24) is 0 Å². The zero-order valence-corrected chi connectivity index (χ0v) is 11.5. The van der Waals surface area contributed by atoms with Gasteiger partial charge in [-0.15, -0.1) is 0 Å². The smallest absolute Gasteiger partial charge is 0.162 e. The molecule has 0 N–H and O–H groups in total. The van der Waals surface area contributed by atoms with Gasteiger partial charge in [-0.3, -0.25) is 0 Å². The van der Waals surface area contributed by atoms with E-state index >= 15 is 0 Å². The SMILES string of the molecule is CCCCC(CC)COC(=S)C(C)CC. The number of unbranched alkanes of at least 4 members (excludes halogenated alkanes) is 1. The van der Waals surface area contributed by atoms with Gasteiger partial charge in [0.15, 0.2) is 5.05 Å². The Hall–Kier alpha value is -0.110. The Kier molecular flexibility index (Phi) is 9.07. The Labute approximate surface area is 101 Å². The van der Waals surface area contributed by atoms with Crippen LogP contribution >= 0.6 is 12.2 Å². The average molecular weight is 230 g/mol. The lowest BCUT2D eigenvalue weighted by molar-refractivity contribution is 0.215. The zero-order valence-electron chi connectivity index (χ0n) is 10.7. The van der Waals surface area contributed by atoms with E-state index in [2.05, 4.69) is 27.7 Å². The van der Waals surface area contributed by atoms with E-state index in [-0.39, 0.29) is 0 Å². The molecule has 0 aromatic carbocycles. The monoisotopic (exact) mass is 230 g/mol. The molecule has 90 valence electrons.